The van der Waals surface area contributed by atoms with Crippen molar-refractivity contribution in [2.45, 2.75) is 6.42 Å². The van der Waals surface area contributed by atoms with E-state index < -0.39 is 15.8 Å². The number of para-hydroxylation sites is 4. The third-order valence-corrected chi connectivity index (χ3v) is 12.0. The second kappa shape index (κ2) is 14.1. The molecule has 0 unspecified atom stereocenters. The quantitative estimate of drug-likeness (QED) is 0.189. The largest absolute Gasteiger partial charge is 0.540 e. The molecule has 0 N–H and O–H groups in total. The first-order chi connectivity index (χ1) is 18.2. The third kappa shape index (κ3) is 6.63. The second-order valence-corrected chi connectivity index (χ2v) is 13.3. The van der Waals surface area contributed by atoms with Crippen LogP contribution in [-0.4, -0.2) is 54.3 Å². The third-order valence-electron chi connectivity index (χ3n) is 5.83. The van der Waals surface area contributed by atoms with Crippen LogP contribution in [-0.2, 0) is 0 Å². The first kappa shape index (κ1) is 27.8. The Labute approximate surface area is 234 Å². The summed E-state index contributed by atoms with van der Waals surface area (Å²) in [5.41, 5.74) is 0. The molecular formula is C27H22O4P2Si4. The lowest BCUT2D eigenvalue weighted by Crippen LogP contribution is -2.21. The van der Waals surface area contributed by atoms with Crippen LogP contribution in [0.1, 0.15) is 6.42 Å². The van der Waals surface area contributed by atoms with Gasteiger partial charge in [0.2, 0.25) is 0 Å². The van der Waals surface area contributed by atoms with E-state index in [1.165, 1.54) is 0 Å². The molecule has 0 atom stereocenters. The van der Waals surface area contributed by atoms with Crippen LogP contribution in [0.4, 0.5) is 0 Å². The lowest BCUT2D eigenvalue weighted by Gasteiger charge is -2.26. The van der Waals surface area contributed by atoms with E-state index in [4.69, 9.17) is 17.7 Å². The molecular weight excluding hydrogens is 563 g/mol. The van der Waals surface area contributed by atoms with Gasteiger partial charge in [0, 0.05) is 21.2 Å². The van der Waals surface area contributed by atoms with Crippen LogP contribution in [0.25, 0.3) is 0 Å². The van der Waals surface area contributed by atoms with Gasteiger partial charge in [0.05, 0.1) is 0 Å². The van der Waals surface area contributed by atoms with Crippen molar-refractivity contribution in [2.24, 2.45) is 0 Å². The van der Waals surface area contributed by atoms with Gasteiger partial charge in [-0.2, -0.15) is 0 Å². The zero-order valence-electron chi connectivity index (χ0n) is 19.9. The summed E-state index contributed by atoms with van der Waals surface area (Å²) in [7, 11) is 11.5. The predicted molar refractivity (Wildman–Crippen MR) is 158 cm³/mol. The van der Waals surface area contributed by atoms with E-state index in [1.807, 2.05) is 48.5 Å². The average Bonchev–Trinajstić information content (AvgIpc) is 2.97. The summed E-state index contributed by atoms with van der Waals surface area (Å²) in [6.07, 6.45) is 2.86. The summed E-state index contributed by atoms with van der Waals surface area (Å²) in [5.74, 6) is 3.25. The molecule has 4 aromatic rings. The Morgan fingerprint density at radius 1 is 0.405 bits per heavy atom. The molecule has 0 saturated carbocycles. The molecule has 4 rings (SSSR count). The van der Waals surface area contributed by atoms with E-state index in [0.29, 0.717) is 0 Å². The molecule has 0 aliphatic rings. The number of hydrogen-bond acceptors (Lipinski definition) is 4. The Balaban J connectivity index is 1.70. The molecule has 0 amide bonds. The highest BCUT2D eigenvalue weighted by Crippen LogP contribution is 2.45. The number of benzene rings is 4. The van der Waals surface area contributed by atoms with Gasteiger partial charge in [-0.1, -0.05) is 72.8 Å². The molecule has 0 fully saturated rings. The summed E-state index contributed by atoms with van der Waals surface area (Å²) in [4.78, 5) is 0. The Bertz CT molecular complexity index is 1120. The smallest absolute Gasteiger partial charge is 0.341 e. The second-order valence-electron chi connectivity index (χ2n) is 7.94. The molecule has 0 aliphatic carbocycles. The van der Waals surface area contributed by atoms with Crippen molar-refractivity contribution in [3.8, 4) is 23.0 Å². The molecule has 0 spiro atoms. The minimum atomic E-state index is -0.779. The van der Waals surface area contributed by atoms with Crippen LogP contribution >= 0.6 is 15.8 Å². The van der Waals surface area contributed by atoms with Crippen molar-refractivity contribution in [1.29, 1.82) is 0 Å². The van der Waals surface area contributed by atoms with Crippen LogP contribution in [0.2, 0.25) is 0 Å². The van der Waals surface area contributed by atoms with Gasteiger partial charge >= 0.3 is 41.9 Å². The van der Waals surface area contributed by atoms with Crippen LogP contribution in [0.15, 0.2) is 97.1 Å². The molecule has 180 valence electrons. The molecule has 12 radical (unpaired) electrons. The average molecular weight is 585 g/mol. The Kier molecular flexibility index (Phi) is 10.6. The van der Waals surface area contributed by atoms with Gasteiger partial charge in [0.1, 0.15) is 23.0 Å². The van der Waals surface area contributed by atoms with Crippen LogP contribution < -0.4 is 38.9 Å². The summed E-state index contributed by atoms with van der Waals surface area (Å²) >= 11 is 0. The highest BCUT2D eigenvalue weighted by atomic mass is 31.1. The standard InChI is InChI=1S/C27H22O4P2Si4/c34-28-20-10-1-5-14-24(20)32(25-15-6-2-11-21(25)29-35)18-9-19-33(26-16-7-3-12-22(26)30-36)27-17-8-4-13-23(27)31-37/h1-8,10-17H,9,18-19H2. The Hall–Kier alpha value is -2.19. The Morgan fingerprint density at radius 3 is 0.892 bits per heavy atom. The lowest BCUT2D eigenvalue weighted by atomic mass is 10.3. The molecule has 37 heavy (non-hydrogen) atoms. The minimum Gasteiger partial charge on any atom is -0.540 e. The molecule has 0 bridgehead atoms. The number of rotatable bonds is 12. The Morgan fingerprint density at radius 2 is 0.649 bits per heavy atom. The molecule has 10 heteroatoms. The molecule has 0 aliphatic heterocycles. The van der Waals surface area contributed by atoms with Gasteiger partial charge in [0.25, 0.3) is 0 Å². The van der Waals surface area contributed by atoms with E-state index in [-0.39, 0.29) is 0 Å². The van der Waals surface area contributed by atoms with Crippen molar-refractivity contribution < 1.29 is 17.7 Å². The molecule has 0 saturated heterocycles. The van der Waals surface area contributed by atoms with E-state index in [2.05, 4.69) is 90.5 Å². The van der Waals surface area contributed by atoms with Gasteiger partial charge < -0.3 is 17.7 Å². The minimum absolute atomic E-state index is 0.779. The van der Waals surface area contributed by atoms with Crippen LogP contribution in [0.3, 0.4) is 0 Å². The van der Waals surface area contributed by atoms with E-state index in [0.717, 1.165) is 63.0 Å². The van der Waals surface area contributed by atoms with Crippen molar-refractivity contribution in [1.82, 2.24) is 0 Å². The zero-order chi connectivity index (χ0) is 26.0. The highest BCUT2D eigenvalue weighted by molar-refractivity contribution is 7.74. The lowest BCUT2D eigenvalue weighted by molar-refractivity contribution is 0.620. The van der Waals surface area contributed by atoms with Gasteiger partial charge in [-0.05, 0) is 58.9 Å². The first-order valence-corrected chi connectivity index (χ1v) is 16.2. The summed E-state index contributed by atoms with van der Waals surface area (Å²) < 4.78 is 22.3. The summed E-state index contributed by atoms with van der Waals surface area (Å²) in [6, 6.07) is 32.6. The fraction of sp³-hybridized carbons (Fsp3) is 0.111. The van der Waals surface area contributed by atoms with E-state index in [1.54, 1.807) is 0 Å². The van der Waals surface area contributed by atoms with Gasteiger partial charge in [-0.15, -0.1) is 0 Å². The molecule has 4 aromatic carbocycles. The van der Waals surface area contributed by atoms with E-state index in [9.17, 15) is 0 Å². The first-order valence-electron chi connectivity index (χ1n) is 11.5. The number of hydrogen-bond donors (Lipinski definition) is 0. The maximum Gasteiger partial charge on any atom is 0.341 e. The fourth-order valence-electron chi connectivity index (χ4n) is 4.19. The fourth-order valence-corrected chi connectivity index (χ4v) is 10.5. The topological polar surface area (TPSA) is 36.9 Å². The summed E-state index contributed by atoms with van der Waals surface area (Å²) in [6.45, 7) is 0. The zero-order valence-corrected chi connectivity index (χ0v) is 25.7. The normalized spacial score (nSPS) is 11.0. The maximum absolute atomic E-state index is 5.58. The maximum atomic E-state index is 5.58. The predicted octanol–water partition coefficient (Wildman–Crippen LogP) is 3.49. The monoisotopic (exact) mass is 584 g/mol. The van der Waals surface area contributed by atoms with Crippen LogP contribution in [0.5, 0.6) is 23.0 Å². The molecule has 0 heterocycles. The highest BCUT2D eigenvalue weighted by Gasteiger charge is 2.24. The van der Waals surface area contributed by atoms with E-state index >= 15 is 0 Å². The van der Waals surface area contributed by atoms with Gasteiger partial charge in [-0.3, -0.25) is 0 Å². The SMILES string of the molecule is [Si]Oc1ccccc1P(CCCP(c1ccccc1O[Si])c1ccccc1O[Si])c1ccccc1O[Si]. The molecule has 4 nitrogen and oxygen atoms in total. The van der Waals surface area contributed by atoms with Crippen molar-refractivity contribution in [3.05, 3.63) is 97.1 Å². The van der Waals surface area contributed by atoms with Crippen molar-refractivity contribution in [2.75, 3.05) is 12.3 Å². The van der Waals surface area contributed by atoms with Gasteiger partial charge in [-0.25, -0.2) is 0 Å². The van der Waals surface area contributed by atoms with Crippen LogP contribution in [0, 0.1) is 0 Å². The van der Waals surface area contributed by atoms with Crippen molar-refractivity contribution in [3.63, 3.8) is 0 Å². The van der Waals surface area contributed by atoms with Gasteiger partial charge in [0.15, 0.2) is 0 Å². The van der Waals surface area contributed by atoms with Crippen molar-refractivity contribution >= 4 is 79.0 Å². The summed E-state index contributed by atoms with van der Waals surface area (Å²) in [5, 5.41) is 4.61. The molecule has 0 aromatic heterocycles.